The van der Waals surface area contributed by atoms with Gasteiger partial charge in [-0.1, -0.05) is 36.4 Å². The van der Waals surface area contributed by atoms with Gasteiger partial charge in [0.2, 0.25) is 6.08 Å². The van der Waals surface area contributed by atoms with Gasteiger partial charge in [-0.05, 0) is 48.6 Å². The maximum absolute atomic E-state index is 10.5. The summed E-state index contributed by atoms with van der Waals surface area (Å²) in [6, 6.07) is 16.1. The van der Waals surface area contributed by atoms with Crippen LogP contribution in [0.3, 0.4) is 0 Å². The normalized spacial score (nSPS) is 15.1. The van der Waals surface area contributed by atoms with Crippen molar-refractivity contribution >= 4 is 6.08 Å². The fourth-order valence-corrected chi connectivity index (χ4v) is 2.51. The number of ether oxygens (including phenoxy) is 1. The summed E-state index contributed by atoms with van der Waals surface area (Å²) in [6.45, 7) is 2.57. The first-order chi connectivity index (χ1) is 10.2. The molecule has 0 bridgehead atoms. The number of benzene rings is 2. The van der Waals surface area contributed by atoms with Gasteiger partial charge in [-0.15, -0.1) is 0 Å². The number of nitrogens with zero attached hydrogens (tertiary/aromatic N) is 1. The van der Waals surface area contributed by atoms with E-state index >= 15 is 0 Å². The van der Waals surface area contributed by atoms with E-state index in [0.29, 0.717) is 6.61 Å². The zero-order valence-corrected chi connectivity index (χ0v) is 12.0. The zero-order valence-electron chi connectivity index (χ0n) is 12.0. The second-order valence-corrected chi connectivity index (χ2v) is 5.49. The van der Waals surface area contributed by atoms with Crippen LogP contribution in [-0.2, 0) is 16.9 Å². The van der Waals surface area contributed by atoms with Crippen molar-refractivity contribution in [3.05, 3.63) is 65.2 Å². The minimum atomic E-state index is -0.315. The average molecular weight is 279 g/mol. The summed E-state index contributed by atoms with van der Waals surface area (Å²) < 4.78 is 5.86. The van der Waals surface area contributed by atoms with Crippen LogP contribution >= 0.6 is 0 Å². The van der Waals surface area contributed by atoms with Gasteiger partial charge in [-0.25, -0.2) is 4.79 Å². The molecular formula is C18H17NO2. The molecule has 21 heavy (non-hydrogen) atoms. The summed E-state index contributed by atoms with van der Waals surface area (Å²) in [6.07, 6.45) is 3.54. The number of rotatable bonds is 5. The van der Waals surface area contributed by atoms with E-state index < -0.39 is 0 Å². The summed E-state index contributed by atoms with van der Waals surface area (Å²) in [7, 11) is 0. The highest BCUT2D eigenvalue weighted by molar-refractivity contribution is 5.45. The Hall–Kier alpha value is -2.38. The van der Waals surface area contributed by atoms with Crippen LogP contribution in [0.15, 0.2) is 53.5 Å². The molecule has 0 radical (unpaired) electrons. The molecule has 0 aliphatic heterocycles. The molecule has 2 aromatic carbocycles. The van der Waals surface area contributed by atoms with Crippen LogP contribution < -0.4 is 4.74 Å². The third-order valence-corrected chi connectivity index (χ3v) is 3.93. The van der Waals surface area contributed by atoms with Gasteiger partial charge in [0, 0.05) is 0 Å². The average Bonchev–Trinajstić information content (AvgIpc) is 3.28. The maximum Gasteiger partial charge on any atom is 0.235 e. The van der Waals surface area contributed by atoms with E-state index in [1.54, 1.807) is 6.08 Å². The molecule has 0 aromatic heterocycles. The van der Waals surface area contributed by atoms with Crippen LogP contribution in [0.5, 0.6) is 5.75 Å². The van der Waals surface area contributed by atoms with E-state index in [-0.39, 0.29) is 5.54 Å². The fourth-order valence-electron chi connectivity index (χ4n) is 2.51. The predicted octanol–water partition coefficient (Wildman–Crippen LogP) is 3.90. The summed E-state index contributed by atoms with van der Waals surface area (Å²) in [5.41, 5.74) is 2.97. The molecule has 0 atom stereocenters. The largest absolute Gasteiger partial charge is 0.489 e. The first kappa shape index (κ1) is 13.6. The number of aryl methyl sites for hydroxylation is 1. The lowest BCUT2D eigenvalue weighted by Crippen LogP contribution is -2.04. The Bertz CT molecular complexity index is 684. The lowest BCUT2D eigenvalue weighted by Gasteiger charge is -2.13. The van der Waals surface area contributed by atoms with Crippen molar-refractivity contribution in [1.29, 1.82) is 0 Å². The summed E-state index contributed by atoms with van der Waals surface area (Å²) >= 11 is 0. The highest BCUT2D eigenvalue weighted by Gasteiger charge is 2.44. The smallest absolute Gasteiger partial charge is 0.235 e. The molecule has 2 aromatic rings. The van der Waals surface area contributed by atoms with Crippen LogP contribution in [0.25, 0.3) is 0 Å². The molecule has 0 spiro atoms. The van der Waals surface area contributed by atoms with Gasteiger partial charge in [0.15, 0.2) is 0 Å². The fraction of sp³-hybridized carbons (Fsp3) is 0.278. The second-order valence-electron chi connectivity index (χ2n) is 5.49. The lowest BCUT2D eigenvalue weighted by atomic mass is 10.0. The monoisotopic (exact) mass is 279 g/mol. The van der Waals surface area contributed by atoms with Crippen molar-refractivity contribution in [1.82, 2.24) is 0 Å². The molecule has 1 fully saturated rings. The Kier molecular flexibility index (Phi) is 3.59. The second kappa shape index (κ2) is 5.55. The van der Waals surface area contributed by atoms with E-state index in [1.807, 2.05) is 49.4 Å². The molecule has 0 unspecified atom stereocenters. The molecule has 1 aliphatic carbocycles. The van der Waals surface area contributed by atoms with Crippen molar-refractivity contribution in [3.8, 4) is 5.75 Å². The van der Waals surface area contributed by atoms with Crippen LogP contribution in [0.1, 0.15) is 29.5 Å². The molecule has 0 heterocycles. The van der Waals surface area contributed by atoms with E-state index in [9.17, 15) is 4.79 Å². The third kappa shape index (κ3) is 2.88. The third-order valence-electron chi connectivity index (χ3n) is 3.93. The predicted molar refractivity (Wildman–Crippen MR) is 81.0 cm³/mol. The highest BCUT2D eigenvalue weighted by atomic mass is 16.5. The molecule has 3 heteroatoms. The number of hydrogen-bond donors (Lipinski definition) is 0. The van der Waals surface area contributed by atoms with Gasteiger partial charge in [0.25, 0.3) is 0 Å². The van der Waals surface area contributed by atoms with Crippen molar-refractivity contribution in [3.63, 3.8) is 0 Å². The van der Waals surface area contributed by atoms with Crippen molar-refractivity contribution in [2.24, 2.45) is 4.99 Å². The highest BCUT2D eigenvalue weighted by Crippen LogP contribution is 2.49. The summed E-state index contributed by atoms with van der Waals surface area (Å²) in [5.74, 6) is 0.869. The molecule has 3 nitrogen and oxygen atoms in total. The van der Waals surface area contributed by atoms with Gasteiger partial charge in [-0.2, -0.15) is 4.99 Å². The molecule has 3 rings (SSSR count). The Labute approximate surface area is 124 Å². The SMILES string of the molecule is Cc1cc(C2(N=C=O)CC2)ccc1OCc1ccccc1. The molecule has 1 aliphatic rings. The Morgan fingerprint density at radius 3 is 2.57 bits per heavy atom. The topological polar surface area (TPSA) is 38.7 Å². The van der Waals surface area contributed by atoms with Crippen LogP contribution in [0.4, 0.5) is 0 Å². The Morgan fingerprint density at radius 1 is 1.19 bits per heavy atom. The van der Waals surface area contributed by atoms with Crippen LogP contribution in [-0.4, -0.2) is 6.08 Å². The van der Waals surface area contributed by atoms with E-state index in [4.69, 9.17) is 4.74 Å². The molecule has 0 N–H and O–H groups in total. The summed E-state index contributed by atoms with van der Waals surface area (Å²) in [4.78, 5) is 14.5. The van der Waals surface area contributed by atoms with Gasteiger partial charge in [0.05, 0.1) is 5.54 Å². The molecule has 1 saturated carbocycles. The number of hydrogen-bond acceptors (Lipinski definition) is 3. The quantitative estimate of drug-likeness (QED) is 0.615. The van der Waals surface area contributed by atoms with Crippen LogP contribution in [0.2, 0.25) is 0 Å². The molecular weight excluding hydrogens is 262 g/mol. The van der Waals surface area contributed by atoms with Gasteiger partial charge >= 0.3 is 0 Å². The molecule has 0 amide bonds. The van der Waals surface area contributed by atoms with Gasteiger partial charge in [0.1, 0.15) is 12.4 Å². The van der Waals surface area contributed by atoms with Gasteiger partial charge < -0.3 is 4.74 Å². The van der Waals surface area contributed by atoms with Crippen molar-refractivity contribution < 1.29 is 9.53 Å². The van der Waals surface area contributed by atoms with Crippen LogP contribution in [0, 0.1) is 6.92 Å². The standard InChI is InChI=1S/C18H17NO2/c1-14-11-16(18(9-10-18)19-13-20)7-8-17(14)21-12-15-5-3-2-4-6-15/h2-8,11H,9-10,12H2,1H3. The van der Waals surface area contributed by atoms with E-state index in [0.717, 1.165) is 35.3 Å². The molecule has 106 valence electrons. The Balaban J connectivity index is 1.75. The number of carbonyl (C=O) groups excluding carboxylic acids is 1. The van der Waals surface area contributed by atoms with Gasteiger partial charge in [-0.3, -0.25) is 0 Å². The molecule has 0 saturated heterocycles. The lowest BCUT2D eigenvalue weighted by molar-refractivity contribution is 0.304. The summed E-state index contributed by atoms with van der Waals surface area (Å²) in [5, 5.41) is 0. The van der Waals surface area contributed by atoms with E-state index in [2.05, 4.69) is 11.1 Å². The first-order valence-corrected chi connectivity index (χ1v) is 7.10. The maximum atomic E-state index is 10.5. The Morgan fingerprint density at radius 2 is 1.95 bits per heavy atom. The number of isocyanates is 1. The van der Waals surface area contributed by atoms with E-state index in [1.165, 1.54) is 0 Å². The minimum Gasteiger partial charge on any atom is -0.489 e. The zero-order chi connectivity index (χ0) is 14.7. The first-order valence-electron chi connectivity index (χ1n) is 7.10. The van der Waals surface area contributed by atoms with Crippen molar-refractivity contribution in [2.75, 3.05) is 0 Å². The minimum absolute atomic E-state index is 0.315. The number of aliphatic imine (C=N–C) groups is 1. The van der Waals surface area contributed by atoms with Crippen molar-refractivity contribution in [2.45, 2.75) is 31.9 Å².